The summed E-state index contributed by atoms with van der Waals surface area (Å²) in [5.41, 5.74) is 9.29. The summed E-state index contributed by atoms with van der Waals surface area (Å²) < 4.78 is 0. The molecular weight excluding hydrogens is 448 g/mol. The highest BCUT2D eigenvalue weighted by molar-refractivity contribution is 6.30. The van der Waals surface area contributed by atoms with Crippen LogP contribution >= 0.6 is 11.6 Å². The van der Waals surface area contributed by atoms with Crippen LogP contribution in [0.2, 0.25) is 5.02 Å². The molecule has 4 rings (SSSR count). The fourth-order valence-electron chi connectivity index (χ4n) is 3.56. The summed E-state index contributed by atoms with van der Waals surface area (Å²) in [5.74, 6) is -0.451. The number of anilines is 1. The van der Waals surface area contributed by atoms with E-state index in [9.17, 15) is 9.59 Å². The molecule has 3 N–H and O–H groups in total. The normalized spacial score (nSPS) is 11.2. The van der Waals surface area contributed by atoms with Gasteiger partial charge in [0.2, 0.25) is 0 Å². The molecule has 0 atom stereocenters. The summed E-state index contributed by atoms with van der Waals surface area (Å²) in [6, 6.07) is 23.5. The van der Waals surface area contributed by atoms with Crippen LogP contribution in [0.15, 0.2) is 78.9 Å². The Balaban J connectivity index is 1.57. The number of hydrogen-bond acceptors (Lipinski definition) is 3. The maximum Gasteiger partial charge on any atom is 0.337 e. The second kappa shape index (κ2) is 9.53. The largest absolute Gasteiger partial charge is 0.337 e. The third kappa shape index (κ3) is 5.35. The van der Waals surface area contributed by atoms with Gasteiger partial charge in [-0.3, -0.25) is 10.2 Å². The first-order valence-corrected chi connectivity index (χ1v) is 11.2. The fraction of sp³-hybridized carbons (Fsp3) is 0.148. The lowest BCUT2D eigenvalue weighted by Gasteiger charge is -2.19. The molecule has 3 aromatic carbocycles. The van der Waals surface area contributed by atoms with Crippen molar-refractivity contribution in [2.75, 3.05) is 5.32 Å². The molecule has 4 aromatic rings. The number of carbonyl (C=O) groups is 2. The van der Waals surface area contributed by atoms with E-state index in [2.05, 4.69) is 49.1 Å². The van der Waals surface area contributed by atoms with Crippen LogP contribution in [-0.2, 0) is 5.41 Å². The molecule has 0 unspecified atom stereocenters. The van der Waals surface area contributed by atoms with Crippen LogP contribution in [-0.4, -0.2) is 16.9 Å². The smallest absolute Gasteiger partial charge is 0.307 e. The fourth-order valence-corrected chi connectivity index (χ4v) is 3.75. The summed E-state index contributed by atoms with van der Waals surface area (Å²) in [6.07, 6.45) is 0. The van der Waals surface area contributed by atoms with E-state index in [0.29, 0.717) is 32.9 Å². The van der Waals surface area contributed by atoms with Crippen molar-refractivity contribution in [2.24, 2.45) is 0 Å². The van der Waals surface area contributed by atoms with Crippen molar-refractivity contribution in [3.05, 3.63) is 95.0 Å². The molecule has 3 amide bonds. The summed E-state index contributed by atoms with van der Waals surface area (Å²) in [5, 5.41) is 3.80. The highest BCUT2D eigenvalue weighted by atomic mass is 35.5. The Morgan fingerprint density at radius 3 is 2.29 bits per heavy atom. The summed E-state index contributed by atoms with van der Waals surface area (Å²) >= 11 is 5.94. The number of hydrogen-bond donors (Lipinski definition) is 3. The SMILES string of the molecule is CC(C)(C)c1ccc(-c2cc(C(=O)NNC(=O)Nc3cccc(Cl)c3)c3ccccc3n2)cc1. The minimum absolute atomic E-state index is 0.0394. The number of halogens is 1. The Labute approximate surface area is 203 Å². The van der Waals surface area contributed by atoms with Crippen molar-refractivity contribution in [1.29, 1.82) is 0 Å². The van der Waals surface area contributed by atoms with E-state index in [1.807, 2.05) is 36.4 Å². The third-order valence-corrected chi connectivity index (χ3v) is 5.61. The van der Waals surface area contributed by atoms with Crippen LogP contribution < -0.4 is 16.2 Å². The lowest BCUT2D eigenvalue weighted by molar-refractivity contribution is 0.0939. The molecule has 0 saturated heterocycles. The minimum Gasteiger partial charge on any atom is -0.307 e. The first-order chi connectivity index (χ1) is 16.2. The average molecular weight is 473 g/mol. The van der Waals surface area contributed by atoms with Crippen LogP contribution in [0.4, 0.5) is 10.5 Å². The number of carbonyl (C=O) groups excluding carboxylic acids is 2. The summed E-state index contributed by atoms with van der Waals surface area (Å²) in [7, 11) is 0. The highest BCUT2D eigenvalue weighted by Crippen LogP contribution is 2.28. The second-order valence-corrected chi connectivity index (χ2v) is 9.38. The first-order valence-electron chi connectivity index (χ1n) is 10.8. The van der Waals surface area contributed by atoms with Gasteiger partial charge in [-0.15, -0.1) is 0 Å². The molecule has 0 saturated carbocycles. The number of amides is 3. The van der Waals surface area contributed by atoms with Crippen molar-refractivity contribution in [1.82, 2.24) is 15.8 Å². The minimum atomic E-state index is -0.591. The number of nitrogens with zero attached hydrogens (tertiary/aromatic N) is 1. The number of pyridine rings is 1. The van der Waals surface area contributed by atoms with Gasteiger partial charge in [0.15, 0.2) is 0 Å². The molecular formula is C27H25ClN4O2. The van der Waals surface area contributed by atoms with Gasteiger partial charge in [-0.1, -0.05) is 80.9 Å². The standard InChI is InChI=1S/C27H25ClN4O2/c1-27(2,3)18-13-11-17(12-14-18)24-16-22(21-9-4-5-10-23(21)30-24)25(33)31-32-26(34)29-20-8-6-7-19(28)15-20/h4-16H,1-3H3,(H,31,33)(H2,29,32,34). The van der Waals surface area contributed by atoms with Crippen molar-refractivity contribution in [3.63, 3.8) is 0 Å². The molecule has 0 aliphatic heterocycles. The number of hydrazine groups is 1. The van der Waals surface area contributed by atoms with Gasteiger partial charge < -0.3 is 5.32 Å². The number of urea groups is 1. The molecule has 0 fully saturated rings. The highest BCUT2D eigenvalue weighted by Gasteiger charge is 2.16. The van der Waals surface area contributed by atoms with Gasteiger partial charge in [0.25, 0.3) is 5.91 Å². The Kier molecular flexibility index (Phi) is 6.52. The van der Waals surface area contributed by atoms with Gasteiger partial charge in [0.05, 0.1) is 16.8 Å². The number of para-hydroxylation sites is 1. The van der Waals surface area contributed by atoms with Crippen molar-refractivity contribution < 1.29 is 9.59 Å². The van der Waals surface area contributed by atoms with Gasteiger partial charge in [-0.25, -0.2) is 15.2 Å². The molecule has 0 bridgehead atoms. The molecule has 0 aliphatic carbocycles. The van der Waals surface area contributed by atoms with Gasteiger partial charge in [-0.05, 0) is 41.3 Å². The predicted molar refractivity (Wildman–Crippen MR) is 137 cm³/mol. The molecule has 0 aliphatic rings. The number of fused-ring (bicyclic) bond motifs is 1. The first kappa shape index (κ1) is 23.3. The Morgan fingerprint density at radius 2 is 1.59 bits per heavy atom. The number of benzene rings is 3. The topological polar surface area (TPSA) is 83.1 Å². The van der Waals surface area contributed by atoms with Crippen LogP contribution in [0, 0.1) is 0 Å². The summed E-state index contributed by atoms with van der Waals surface area (Å²) in [4.78, 5) is 30.0. The summed E-state index contributed by atoms with van der Waals surface area (Å²) in [6.45, 7) is 6.48. The van der Waals surface area contributed by atoms with E-state index < -0.39 is 11.9 Å². The van der Waals surface area contributed by atoms with Crippen molar-refractivity contribution in [3.8, 4) is 11.3 Å². The van der Waals surface area contributed by atoms with Crippen LogP contribution in [0.25, 0.3) is 22.2 Å². The van der Waals surface area contributed by atoms with Crippen molar-refractivity contribution >= 4 is 40.1 Å². The maximum absolute atomic E-state index is 13.0. The Bertz CT molecular complexity index is 1360. The van der Waals surface area contributed by atoms with E-state index >= 15 is 0 Å². The van der Waals surface area contributed by atoms with Crippen LogP contribution in [0.3, 0.4) is 0 Å². The lowest BCUT2D eigenvalue weighted by Crippen LogP contribution is -2.44. The monoisotopic (exact) mass is 472 g/mol. The molecule has 34 heavy (non-hydrogen) atoms. The zero-order chi connectivity index (χ0) is 24.3. The Hall–Kier alpha value is -3.90. The molecule has 172 valence electrons. The Morgan fingerprint density at radius 1 is 0.853 bits per heavy atom. The van der Waals surface area contributed by atoms with Gasteiger partial charge in [0, 0.05) is 21.7 Å². The van der Waals surface area contributed by atoms with E-state index in [0.717, 1.165) is 5.56 Å². The quantitative estimate of drug-likeness (QED) is 0.305. The third-order valence-electron chi connectivity index (χ3n) is 5.38. The van der Waals surface area contributed by atoms with E-state index in [4.69, 9.17) is 16.6 Å². The van der Waals surface area contributed by atoms with Gasteiger partial charge in [0.1, 0.15) is 0 Å². The molecule has 1 aromatic heterocycles. The molecule has 0 radical (unpaired) electrons. The zero-order valence-corrected chi connectivity index (χ0v) is 19.9. The number of rotatable bonds is 3. The van der Waals surface area contributed by atoms with Gasteiger partial charge in [-0.2, -0.15) is 0 Å². The van der Waals surface area contributed by atoms with Crippen LogP contribution in [0.5, 0.6) is 0 Å². The maximum atomic E-state index is 13.0. The zero-order valence-electron chi connectivity index (χ0n) is 19.1. The van der Waals surface area contributed by atoms with E-state index in [1.165, 1.54) is 5.56 Å². The molecule has 7 heteroatoms. The predicted octanol–water partition coefficient (Wildman–Crippen LogP) is 6.32. The lowest BCUT2D eigenvalue weighted by atomic mass is 9.86. The van der Waals surface area contributed by atoms with Crippen LogP contribution in [0.1, 0.15) is 36.7 Å². The van der Waals surface area contributed by atoms with Crippen molar-refractivity contribution in [2.45, 2.75) is 26.2 Å². The number of aromatic nitrogens is 1. The molecule has 0 spiro atoms. The van der Waals surface area contributed by atoms with E-state index in [1.54, 1.807) is 30.3 Å². The molecule has 1 heterocycles. The number of nitrogens with one attached hydrogen (secondary N) is 3. The van der Waals surface area contributed by atoms with Gasteiger partial charge >= 0.3 is 6.03 Å². The second-order valence-electron chi connectivity index (χ2n) is 8.94. The average Bonchev–Trinajstić information content (AvgIpc) is 2.81. The molecule has 6 nitrogen and oxygen atoms in total. The van der Waals surface area contributed by atoms with E-state index in [-0.39, 0.29) is 5.41 Å².